The number of carbonyl (C=O) groups excluding carboxylic acids is 1. The summed E-state index contributed by atoms with van der Waals surface area (Å²) in [6.07, 6.45) is 3.55. The third-order valence-corrected chi connectivity index (χ3v) is 4.06. The van der Waals surface area contributed by atoms with Crippen LogP contribution >= 0.6 is 11.6 Å². The van der Waals surface area contributed by atoms with Crippen LogP contribution in [0.5, 0.6) is 5.75 Å². The van der Waals surface area contributed by atoms with Crippen molar-refractivity contribution in [2.24, 2.45) is 0 Å². The van der Waals surface area contributed by atoms with Crippen molar-refractivity contribution in [3.63, 3.8) is 0 Å². The van der Waals surface area contributed by atoms with Gasteiger partial charge in [0, 0.05) is 30.2 Å². The van der Waals surface area contributed by atoms with E-state index in [4.69, 9.17) is 11.6 Å². The van der Waals surface area contributed by atoms with E-state index in [9.17, 15) is 9.90 Å². The van der Waals surface area contributed by atoms with Gasteiger partial charge in [0.2, 0.25) is 0 Å². The van der Waals surface area contributed by atoms with Gasteiger partial charge in [-0.05, 0) is 37.5 Å². The van der Waals surface area contributed by atoms with E-state index in [0.717, 1.165) is 25.6 Å². The van der Waals surface area contributed by atoms with Crippen molar-refractivity contribution in [3.8, 4) is 5.75 Å². The fourth-order valence-electron chi connectivity index (χ4n) is 2.63. The summed E-state index contributed by atoms with van der Waals surface area (Å²) >= 11 is 5.85. The van der Waals surface area contributed by atoms with Gasteiger partial charge in [0.15, 0.2) is 0 Å². The maximum Gasteiger partial charge on any atom is 0.255 e. The lowest BCUT2D eigenvalue weighted by Gasteiger charge is -2.16. The van der Waals surface area contributed by atoms with E-state index in [0.29, 0.717) is 5.02 Å². The molecule has 1 aromatic rings. The molecule has 1 amide bonds. The standard InChI is InChI=1S/C14H17ClN2O2/c15-9-1-4-13(18)12(7-9)14(19)16-10-5-6-17(8-10)11-2-3-11/h1,4,7,10-11,18H,2-3,5-6,8H2,(H,16,19). The Labute approximate surface area is 117 Å². The zero-order chi connectivity index (χ0) is 13.4. The molecule has 0 bridgehead atoms. The maximum absolute atomic E-state index is 12.1. The predicted octanol–water partition coefficient (Wildman–Crippen LogP) is 2.01. The van der Waals surface area contributed by atoms with E-state index in [1.165, 1.54) is 25.0 Å². The van der Waals surface area contributed by atoms with Crippen LogP contribution in [0.15, 0.2) is 18.2 Å². The Morgan fingerprint density at radius 1 is 1.37 bits per heavy atom. The van der Waals surface area contributed by atoms with Crippen LogP contribution in [0.2, 0.25) is 5.02 Å². The lowest BCUT2D eigenvalue weighted by molar-refractivity contribution is 0.0935. The number of phenols is 1. The molecule has 0 aromatic heterocycles. The van der Waals surface area contributed by atoms with Crippen molar-refractivity contribution in [1.82, 2.24) is 10.2 Å². The number of phenolic OH excluding ortho intramolecular Hbond substituents is 1. The highest BCUT2D eigenvalue weighted by Gasteiger charge is 2.34. The van der Waals surface area contributed by atoms with Gasteiger partial charge in [0.25, 0.3) is 5.91 Å². The van der Waals surface area contributed by atoms with Gasteiger partial charge in [0.05, 0.1) is 5.56 Å². The molecule has 5 heteroatoms. The number of hydrogen-bond acceptors (Lipinski definition) is 3. The van der Waals surface area contributed by atoms with Crippen molar-refractivity contribution in [2.45, 2.75) is 31.3 Å². The van der Waals surface area contributed by atoms with E-state index in [1.807, 2.05) is 0 Å². The second-order valence-electron chi connectivity index (χ2n) is 5.35. The molecule has 1 saturated heterocycles. The fourth-order valence-corrected chi connectivity index (χ4v) is 2.80. The molecular formula is C14H17ClN2O2. The Bertz CT molecular complexity index is 502. The van der Waals surface area contributed by atoms with Gasteiger partial charge >= 0.3 is 0 Å². The summed E-state index contributed by atoms with van der Waals surface area (Å²) in [5.74, 6) is -0.276. The van der Waals surface area contributed by atoms with Crippen LogP contribution in [0.1, 0.15) is 29.6 Å². The summed E-state index contributed by atoms with van der Waals surface area (Å²) in [6, 6.07) is 5.42. The van der Waals surface area contributed by atoms with Crippen molar-refractivity contribution in [1.29, 1.82) is 0 Å². The lowest BCUT2D eigenvalue weighted by Crippen LogP contribution is -2.37. The molecule has 0 radical (unpaired) electrons. The molecular weight excluding hydrogens is 264 g/mol. The minimum atomic E-state index is -0.248. The summed E-state index contributed by atoms with van der Waals surface area (Å²) in [5.41, 5.74) is 0.248. The summed E-state index contributed by atoms with van der Waals surface area (Å²) in [5, 5.41) is 13.1. The summed E-state index contributed by atoms with van der Waals surface area (Å²) in [6.45, 7) is 1.97. The molecule has 19 heavy (non-hydrogen) atoms. The number of carbonyl (C=O) groups is 1. The first-order valence-corrected chi connectivity index (χ1v) is 7.05. The molecule has 1 saturated carbocycles. The highest BCUT2D eigenvalue weighted by Crippen LogP contribution is 2.30. The van der Waals surface area contributed by atoms with Crippen LogP contribution in [0, 0.1) is 0 Å². The van der Waals surface area contributed by atoms with Crippen molar-refractivity contribution < 1.29 is 9.90 Å². The molecule has 3 rings (SSSR count). The van der Waals surface area contributed by atoms with Crippen LogP contribution < -0.4 is 5.32 Å². The Morgan fingerprint density at radius 2 is 2.16 bits per heavy atom. The van der Waals surface area contributed by atoms with Gasteiger partial charge in [-0.25, -0.2) is 0 Å². The van der Waals surface area contributed by atoms with Crippen LogP contribution in [-0.2, 0) is 0 Å². The average molecular weight is 281 g/mol. The number of nitrogens with one attached hydrogen (secondary N) is 1. The smallest absolute Gasteiger partial charge is 0.255 e. The van der Waals surface area contributed by atoms with Gasteiger partial charge in [-0.1, -0.05) is 11.6 Å². The normalized spacial score (nSPS) is 23.5. The molecule has 1 aromatic carbocycles. The monoisotopic (exact) mass is 280 g/mol. The van der Waals surface area contributed by atoms with E-state index in [-0.39, 0.29) is 23.3 Å². The van der Waals surface area contributed by atoms with E-state index in [2.05, 4.69) is 10.2 Å². The lowest BCUT2D eigenvalue weighted by atomic mass is 10.1. The highest BCUT2D eigenvalue weighted by molar-refractivity contribution is 6.31. The van der Waals surface area contributed by atoms with Crippen LogP contribution in [-0.4, -0.2) is 41.1 Å². The minimum absolute atomic E-state index is 0.0288. The van der Waals surface area contributed by atoms with Gasteiger partial charge in [-0.2, -0.15) is 0 Å². The molecule has 1 heterocycles. The number of halogens is 1. The number of hydrogen-bond donors (Lipinski definition) is 2. The topological polar surface area (TPSA) is 52.6 Å². The Hall–Kier alpha value is -1.26. The largest absolute Gasteiger partial charge is 0.507 e. The zero-order valence-electron chi connectivity index (χ0n) is 10.6. The number of aromatic hydroxyl groups is 1. The SMILES string of the molecule is O=C(NC1CCN(C2CC2)C1)c1cc(Cl)ccc1O. The third-order valence-electron chi connectivity index (χ3n) is 3.82. The van der Waals surface area contributed by atoms with E-state index >= 15 is 0 Å². The van der Waals surface area contributed by atoms with Crippen LogP contribution in [0.4, 0.5) is 0 Å². The average Bonchev–Trinajstić information content (AvgIpc) is 3.13. The molecule has 4 nitrogen and oxygen atoms in total. The second-order valence-corrected chi connectivity index (χ2v) is 5.78. The molecule has 102 valence electrons. The number of rotatable bonds is 3. The quantitative estimate of drug-likeness (QED) is 0.891. The first-order chi connectivity index (χ1) is 9.13. The van der Waals surface area contributed by atoms with Crippen molar-refractivity contribution >= 4 is 17.5 Å². The Kier molecular flexibility index (Phi) is 3.37. The van der Waals surface area contributed by atoms with Gasteiger partial charge in [0.1, 0.15) is 5.75 Å². The molecule has 1 unspecified atom stereocenters. The molecule has 2 N–H and O–H groups in total. The maximum atomic E-state index is 12.1. The van der Waals surface area contributed by atoms with E-state index in [1.54, 1.807) is 6.07 Å². The van der Waals surface area contributed by atoms with Gasteiger partial charge < -0.3 is 10.4 Å². The fraction of sp³-hybridized carbons (Fsp3) is 0.500. The van der Waals surface area contributed by atoms with Gasteiger partial charge in [-0.15, -0.1) is 0 Å². The van der Waals surface area contributed by atoms with Crippen LogP contribution in [0.3, 0.4) is 0 Å². The summed E-state index contributed by atoms with van der Waals surface area (Å²) in [7, 11) is 0. The molecule has 2 fully saturated rings. The molecule has 0 spiro atoms. The zero-order valence-corrected chi connectivity index (χ0v) is 11.4. The number of likely N-dealkylation sites (tertiary alicyclic amines) is 1. The Balaban J connectivity index is 1.63. The molecule has 2 aliphatic rings. The first-order valence-electron chi connectivity index (χ1n) is 6.67. The first kappa shape index (κ1) is 12.8. The van der Waals surface area contributed by atoms with Gasteiger partial charge in [-0.3, -0.25) is 9.69 Å². The number of benzene rings is 1. The van der Waals surface area contributed by atoms with Crippen molar-refractivity contribution in [2.75, 3.05) is 13.1 Å². The third kappa shape index (κ3) is 2.85. The molecule has 1 atom stereocenters. The number of amides is 1. The molecule has 1 aliphatic heterocycles. The van der Waals surface area contributed by atoms with Crippen molar-refractivity contribution in [3.05, 3.63) is 28.8 Å². The number of nitrogens with zero attached hydrogens (tertiary/aromatic N) is 1. The molecule has 1 aliphatic carbocycles. The van der Waals surface area contributed by atoms with Crippen LogP contribution in [0.25, 0.3) is 0 Å². The Morgan fingerprint density at radius 3 is 2.89 bits per heavy atom. The predicted molar refractivity (Wildman–Crippen MR) is 73.6 cm³/mol. The highest BCUT2D eigenvalue weighted by atomic mass is 35.5. The van der Waals surface area contributed by atoms with E-state index < -0.39 is 0 Å². The summed E-state index contributed by atoms with van der Waals surface area (Å²) < 4.78 is 0. The minimum Gasteiger partial charge on any atom is -0.507 e. The summed E-state index contributed by atoms with van der Waals surface area (Å²) in [4.78, 5) is 14.6. The second kappa shape index (κ2) is 5.02.